The van der Waals surface area contributed by atoms with Crippen molar-refractivity contribution < 1.29 is 13.2 Å². The summed E-state index contributed by atoms with van der Waals surface area (Å²) in [5.41, 5.74) is 2.85. The van der Waals surface area contributed by atoms with Crippen LogP contribution in [0.15, 0.2) is 36.4 Å². The van der Waals surface area contributed by atoms with E-state index in [-0.39, 0.29) is 21.0 Å². The zero-order valence-electron chi connectivity index (χ0n) is 16.0. The van der Waals surface area contributed by atoms with Gasteiger partial charge in [0.15, 0.2) is 0 Å². The Kier molecular flexibility index (Phi) is 7.17. The molecule has 0 spiro atoms. The molecule has 0 atom stereocenters. The van der Waals surface area contributed by atoms with Crippen molar-refractivity contribution in [2.45, 2.75) is 63.1 Å². The molecule has 27 heavy (non-hydrogen) atoms. The largest absolute Gasteiger partial charge is 0.251 e. The summed E-state index contributed by atoms with van der Waals surface area (Å²) in [6, 6.07) is 15.1. The molecule has 0 N–H and O–H groups in total. The van der Waals surface area contributed by atoms with Crippen molar-refractivity contribution in [1.29, 1.82) is 0 Å². The van der Waals surface area contributed by atoms with Gasteiger partial charge >= 0.3 is 0 Å². The second kappa shape index (κ2) is 9.58. The molecule has 1 aliphatic heterocycles. The van der Waals surface area contributed by atoms with Crippen molar-refractivity contribution in [3.8, 4) is 11.1 Å². The molecule has 0 aliphatic carbocycles. The SMILES string of the molecule is Cc1c(F)cc(-c2ccc(C3CC[Si](CCCCCF)CC3)cc2)cc1F. The monoisotopic (exact) mass is 389 g/mol. The molecule has 1 saturated heterocycles. The van der Waals surface area contributed by atoms with Gasteiger partial charge in [-0.3, -0.25) is 4.39 Å². The van der Waals surface area contributed by atoms with E-state index in [9.17, 15) is 13.2 Å². The van der Waals surface area contributed by atoms with Crippen LogP contribution in [0.2, 0.25) is 18.1 Å². The van der Waals surface area contributed by atoms with Crippen molar-refractivity contribution in [1.82, 2.24) is 0 Å². The molecule has 0 amide bonds. The molecule has 1 heterocycles. The van der Waals surface area contributed by atoms with Gasteiger partial charge in [0.25, 0.3) is 0 Å². The van der Waals surface area contributed by atoms with Gasteiger partial charge in [-0.1, -0.05) is 55.2 Å². The van der Waals surface area contributed by atoms with Gasteiger partial charge in [-0.25, -0.2) is 8.78 Å². The molecule has 0 aromatic heterocycles. The average molecular weight is 390 g/mol. The Morgan fingerprint density at radius 2 is 1.52 bits per heavy atom. The Morgan fingerprint density at radius 3 is 2.11 bits per heavy atom. The third-order valence-corrected chi connectivity index (χ3v) is 8.91. The third-order valence-electron chi connectivity index (χ3n) is 5.85. The van der Waals surface area contributed by atoms with E-state index in [4.69, 9.17) is 0 Å². The summed E-state index contributed by atoms with van der Waals surface area (Å²) in [6.45, 7) is 1.28. The van der Waals surface area contributed by atoms with Crippen LogP contribution in [0.4, 0.5) is 13.2 Å². The van der Waals surface area contributed by atoms with E-state index in [0.29, 0.717) is 11.5 Å². The number of benzene rings is 2. The van der Waals surface area contributed by atoms with E-state index < -0.39 is 11.6 Å². The number of rotatable bonds is 7. The average Bonchev–Trinajstić information content (AvgIpc) is 2.70. The van der Waals surface area contributed by atoms with Gasteiger partial charge in [0.2, 0.25) is 0 Å². The minimum Gasteiger partial charge on any atom is -0.251 e. The van der Waals surface area contributed by atoms with Crippen LogP contribution in [0.3, 0.4) is 0 Å². The normalized spacial score (nSPS) is 16.0. The summed E-state index contributed by atoms with van der Waals surface area (Å²) in [4.78, 5) is 0. The van der Waals surface area contributed by atoms with E-state index in [2.05, 4.69) is 12.1 Å². The molecule has 0 unspecified atom stereocenters. The van der Waals surface area contributed by atoms with E-state index in [0.717, 1.165) is 18.4 Å². The van der Waals surface area contributed by atoms with Gasteiger partial charge in [0.1, 0.15) is 11.6 Å². The van der Waals surface area contributed by atoms with Crippen LogP contribution in [-0.4, -0.2) is 15.5 Å². The van der Waals surface area contributed by atoms with Crippen molar-refractivity contribution >= 4 is 8.80 Å². The summed E-state index contributed by atoms with van der Waals surface area (Å²) < 4.78 is 39.8. The maximum Gasteiger partial charge on any atom is 0.129 e. The van der Waals surface area contributed by atoms with Crippen LogP contribution in [0, 0.1) is 18.6 Å². The minimum atomic E-state index is -0.498. The lowest BCUT2D eigenvalue weighted by atomic mass is 9.91. The number of hydrogen-bond donors (Lipinski definition) is 0. The van der Waals surface area contributed by atoms with E-state index in [1.165, 1.54) is 62.0 Å². The fourth-order valence-corrected chi connectivity index (χ4v) is 7.03. The topological polar surface area (TPSA) is 0 Å². The molecule has 1 aliphatic rings. The van der Waals surface area contributed by atoms with Crippen molar-refractivity contribution in [2.24, 2.45) is 0 Å². The third kappa shape index (κ3) is 5.25. The predicted octanol–water partition coefficient (Wildman–Crippen LogP) is 7.45. The van der Waals surface area contributed by atoms with Gasteiger partial charge in [-0.2, -0.15) is 0 Å². The van der Waals surface area contributed by atoms with Crippen LogP contribution in [-0.2, 0) is 0 Å². The Balaban J connectivity index is 1.57. The zero-order valence-corrected chi connectivity index (χ0v) is 17.0. The highest BCUT2D eigenvalue weighted by molar-refractivity contribution is 6.59. The molecule has 0 nitrogen and oxygen atoms in total. The van der Waals surface area contributed by atoms with E-state index in [1.807, 2.05) is 12.1 Å². The molecule has 1 radical (unpaired) electrons. The van der Waals surface area contributed by atoms with Crippen molar-refractivity contribution in [3.05, 3.63) is 59.2 Å². The van der Waals surface area contributed by atoms with E-state index >= 15 is 0 Å². The van der Waals surface area contributed by atoms with Gasteiger partial charge in [0.05, 0.1) is 6.67 Å². The summed E-state index contributed by atoms with van der Waals surface area (Å²) in [6.07, 6.45) is 5.44. The first kappa shape index (κ1) is 20.2. The first-order chi connectivity index (χ1) is 13.1. The van der Waals surface area contributed by atoms with Crippen LogP contribution in [0.1, 0.15) is 49.1 Å². The lowest BCUT2D eigenvalue weighted by molar-refractivity contribution is 0.459. The molecular formula is C23H28F3Si. The predicted molar refractivity (Wildman–Crippen MR) is 109 cm³/mol. The Labute approximate surface area is 162 Å². The second-order valence-electron chi connectivity index (χ2n) is 7.71. The van der Waals surface area contributed by atoms with Crippen molar-refractivity contribution in [3.63, 3.8) is 0 Å². The Morgan fingerprint density at radius 1 is 0.889 bits per heavy atom. The maximum absolute atomic E-state index is 13.8. The van der Waals surface area contributed by atoms with Gasteiger partial charge in [-0.15, -0.1) is 0 Å². The lowest BCUT2D eigenvalue weighted by Gasteiger charge is -2.28. The molecule has 2 aromatic carbocycles. The highest BCUT2D eigenvalue weighted by Gasteiger charge is 2.23. The molecule has 4 heteroatoms. The summed E-state index contributed by atoms with van der Waals surface area (Å²) in [7, 11) is -0.238. The maximum atomic E-state index is 13.8. The Hall–Kier alpha value is -1.55. The number of unbranched alkanes of at least 4 members (excludes halogenated alkanes) is 2. The fraction of sp³-hybridized carbons (Fsp3) is 0.478. The first-order valence-electron chi connectivity index (χ1n) is 10.0. The number of halogens is 3. The number of hydrogen-bond acceptors (Lipinski definition) is 0. The number of alkyl halides is 1. The van der Waals surface area contributed by atoms with Crippen molar-refractivity contribution in [2.75, 3.05) is 6.67 Å². The highest BCUT2D eigenvalue weighted by atomic mass is 28.3. The van der Waals surface area contributed by atoms with E-state index in [1.54, 1.807) is 0 Å². The zero-order chi connectivity index (χ0) is 19.2. The molecule has 2 aromatic rings. The van der Waals surface area contributed by atoms with Gasteiger partial charge in [-0.05, 0) is 60.9 Å². The standard InChI is InChI=1S/C23H28F3Si/c1-17-22(25)15-21(16-23(17)26)19-7-5-18(6-8-19)20-9-13-27(14-10-20)12-4-2-3-11-24/h5-8,15-16,20H,2-4,9-14H2,1H3. The summed E-state index contributed by atoms with van der Waals surface area (Å²) in [5, 5.41) is 0. The van der Waals surface area contributed by atoms with Gasteiger partial charge < -0.3 is 0 Å². The van der Waals surface area contributed by atoms with Crippen LogP contribution in [0.25, 0.3) is 11.1 Å². The first-order valence-corrected chi connectivity index (χ1v) is 12.2. The minimum absolute atomic E-state index is 0.0693. The molecule has 1 fully saturated rings. The lowest BCUT2D eigenvalue weighted by Crippen LogP contribution is -2.20. The molecule has 0 saturated carbocycles. The van der Waals surface area contributed by atoms with Gasteiger partial charge in [0, 0.05) is 14.4 Å². The van der Waals surface area contributed by atoms with Crippen LogP contribution < -0.4 is 0 Å². The summed E-state index contributed by atoms with van der Waals surface area (Å²) in [5.74, 6) is -0.393. The fourth-order valence-electron chi connectivity index (χ4n) is 4.02. The quantitative estimate of drug-likeness (QED) is 0.341. The smallest absolute Gasteiger partial charge is 0.129 e. The van der Waals surface area contributed by atoms with Crippen LogP contribution in [0.5, 0.6) is 0 Å². The summed E-state index contributed by atoms with van der Waals surface area (Å²) >= 11 is 0. The Bertz CT molecular complexity index is 711. The highest BCUT2D eigenvalue weighted by Crippen LogP contribution is 2.36. The molecule has 3 rings (SSSR count). The second-order valence-corrected chi connectivity index (χ2v) is 10.7. The molecule has 145 valence electrons. The molecular weight excluding hydrogens is 361 g/mol. The van der Waals surface area contributed by atoms with Crippen LogP contribution >= 0.6 is 0 Å². The molecule has 0 bridgehead atoms.